The van der Waals surface area contributed by atoms with Crippen molar-refractivity contribution in [1.82, 2.24) is 4.98 Å². The molecule has 1 heterocycles. The molecule has 0 aliphatic carbocycles. The maximum absolute atomic E-state index is 12.5. The minimum atomic E-state index is -0.542. The van der Waals surface area contributed by atoms with E-state index in [1.165, 1.54) is 0 Å². The van der Waals surface area contributed by atoms with Crippen LogP contribution in [0.3, 0.4) is 0 Å². The largest absolute Gasteiger partial charge is 0.443 e. The fourth-order valence-electron chi connectivity index (χ4n) is 2.11. The number of para-hydroxylation sites is 1. The Balaban J connectivity index is 2.15. The first kappa shape index (κ1) is 16.8. The Hall–Kier alpha value is -2.56. The third-order valence-electron chi connectivity index (χ3n) is 3.11. The molecule has 1 amide bonds. The molecule has 0 aliphatic heterocycles. The number of benzene rings is 1. The number of anilines is 2. The summed E-state index contributed by atoms with van der Waals surface area (Å²) >= 11 is 0. The molecular weight excluding hydrogens is 290 g/mol. The molecule has 0 saturated heterocycles. The van der Waals surface area contributed by atoms with Crippen molar-refractivity contribution < 1.29 is 9.53 Å². The summed E-state index contributed by atoms with van der Waals surface area (Å²) in [7, 11) is 0. The molecule has 0 radical (unpaired) electrons. The van der Waals surface area contributed by atoms with Crippen molar-refractivity contribution in [2.24, 2.45) is 0 Å². The molecule has 2 aromatic rings. The van der Waals surface area contributed by atoms with E-state index in [0.29, 0.717) is 18.7 Å². The number of nitrogens with two attached hydrogens (primary N) is 1. The topological polar surface area (TPSA) is 68.5 Å². The van der Waals surface area contributed by atoms with Gasteiger partial charge in [-0.25, -0.2) is 4.79 Å². The van der Waals surface area contributed by atoms with Crippen LogP contribution >= 0.6 is 0 Å². The average Bonchev–Trinajstić information content (AvgIpc) is 2.47. The first-order valence-electron chi connectivity index (χ1n) is 7.61. The molecule has 0 saturated carbocycles. The molecule has 0 spiro atoms. The van der Waals surface area contributed by atoms with E-state index in [-0.39, 0.29) is 6.09 Å². The van der Waals surface area contributed by atoms with Crippen LogP contribution in [0.15, 0.2) is 48.7 Å². The van der Waals surface area contributed by atoms with Gasteiger partial charge in [0.2, 0.25) is 0 Å². The first-order valence-corrected chi connectivity index (χ1v) is 7.61. The first-order chi connectivity index (χ1) is 10.8. The van der Waals surface area contributed by atoms with E-state index >= 15 is 0 Å². The van der Waals surface area contributed by atoms with Gasteiger partial charge in [-0.1, -0.05) is 18.2 Å². The van der Waals surface area contributed by atoms with Crippen LogP contribution in [0.5, 0.6) is 0 Å². The van der Waals surface area contributed by atoms with Gasteiger partial charge >= 0.3 is 6.09 Å². The fourth-order valence-corrected chi connectivity index (χ4v) is 2.11. The van der Waals surface area contributed by atoms with Crippen LogP contribution in [-0.2, 0) is 11.2 Å². The van der Waals surface area contributed by atoms with Crippen molar-refractivity contribution >= 4 is 17.5 Å². The molecule has 2 rings (SSSR count). The van der Waals surface area contributed by atoms with E-state index in [1.807, 2.05) is 57.2 Å². The van der Waals surface area contributed by atoms with Gasteiger partial charge in [0.1, 0.15) is 5.60 Å². The second-order valence-corrected chi connectivity index (χ2v) is 6.30. The molecular formula is C18H23N3O2. The normalized spacial score (nSPS) is 11.1. The maximum atomic E-state index is 12.5. The minimum absolute atomic E-state index is 0.368. The zero-order valence-corrected chi connectivity index (χ0v) is 13.8. The number of hydrogen-bond acceptors (Lipinski definition) is 4. The van der Waals surface area contributed by atoms with Crippen molar-refractivity contribution in [3.05, 3.63) is 54.4 Å². The Morgan fingerprint density at radius 2 is 1.91 bits per heavy atom. The van der Waals surface area contributed by atoms with E-state index in [0.717, 1.165) is 11.4 Å². The molecule has 1 aromatic carbocycles. The van der Waals surface area contributed by atoms with Crippen molar-refractivity contribution in [1.29, 1.82) is 0 Å². The highest BCUT2D eigenvalue weighted by molar-refractivity contribution is 5.87. The number of nitrogen functional groups attached to an aromatic ring is 1. The lowest BCUT2D eigenvalue weighted by Gasteiger charge is -2.27. The lowest BCUT2D eigenvalue weighted by Crippen LogP contribution is -2.38. The number of amides is 1. The highest BCUT2D eigenvalue weighted by Crippen LogP contribution is 2.18. The molecule has 0 atom stereocenters. The molecule has 2 N–H and O–H groups in total. The monoisotopic (exact) mass is 313 g/mol. The Morgan fingerprint density at radius 1 is 1.22 bits per heavy atom. The summed E-state index contributed by atoms with van der Waals surface area (Å²) in [6.07, 6.45) is 1.90. The second-order valence-electron chi connectivity index (χ2n) is 6.30. The number of pyridine rings is 1. The van der Waals surface area contributed by atoms with E-state index in [2.05, 4.69) is 4.98 Å². The molecule has 0 unspecified atom stereocenters. The highest BCUT2D eigenvalue weighted by atomic mass is 16.6. The number of carbonyl (C=O) groups excluding carboxylic acids is 1. The van der Waals surface area contributed by atoms with E-state index in [1.54, 1.807) is 17.2 Å². The van der Waals surface area contributed by atoms with Crippen molar-refractivity contribution in [3.8, 4) is 0 Å². The van der Waals surface area contributed by atoms with Crippen molar-refractivity contribution in [2.75, 3.05) is 17.2 Å². The van der Waals surface area contributed by atoms with Crippen LogP contribution in [0.25, 0.3) is 0 Å². The SMILES string of the molecule is CC(C)(C)OC(=O)N(CCc1cc(N)ccn1)c1ccccc1. The van der Waals surface area contributed by atoms with Crippen LogP contribution in [0.2, 0.25) is 0 Å². The van der Waals surface area contributed by atoms with Gasteiger partial charge in [0.05, 0.1) is 0 Å². The Morgan fingerprint density at radius 3 is 2.52 bits per heavy atom. The van der Waals surface area contributed by atoms with Crippen LogP contribution in [-0.4, -0.2) is 23.2 Å². The predicted molar refractivity (Wildman–Crippen MR) is 92.4 cm³/mol. The minimum Gasteiger partial charge on any atom is -0.443 e. The third kappa shape index (κ3) is 5.29. The molecule has 122 valence electrons. The molecule has 0 fully saturated rings. The van der Waals surface area contributed by atoms with Gasteiger partial charge in [0.25, 0.3) is 0 Å². The highest BCUT2D eigenvalue weighted by Gasteiger charge is 2.23. The van der Waals surface area contributed by atoms with Gasteiger partial charge in [-0.3, -0.25) is 9.88 Å². The molecule has 5 heteroatoms. The number of rotatable bonds is 4. The van der Waals surface area contributed by atoms with Gasteiger partial charge in [0.15, 0.2) is 0 Å². The second kappa shape index (κ2) is 7.13. The molecule has 0 bridgehead atoms. The Bertz CT molecular complexity index is 651. The smallest absolute Gasteiger partial charge is 0.414 e. The standard InChI is InChI=1S/C18H23N3O2/c1-18(2,3)23-17(22)21(16-7-5-4-6-8-16)12-10-15-13-14(19)9-11-20-15/h4-9,11,13H,10,12H2,1-3H3,(H2,19,20). The van der Waals surface area contributed by atoms with Gasteiger partial charge in [-0.2, -0.15) is 0 Å². The summed E-state index contributed by atoms with van der Waals surface area (Å²) in [6.45, 7) is 6.03. The zero-order valence-electron chi connectivity index (χ0n) is 13.8. The quantitative estimate of drug-likeness (QED) is 0.935. The van der Waals surface area contributed by atoms with Crippen molar-refractivity contribution in [3.63, 3.8) is 0 Å². The summed E-state index contributed by atoms with van der Waals surface area (Å²) in [6, 6.07) is 13.0. The summed E-state index contributed by atoms with van der Waals surface area (Å²) in [5, 5.41) is 0. The number of ether oxygens (including phenoxy) is 1. The Labute approximate surface area is 137 Å². The number of hydrogen-bond donors (Lipinski definition) is 1. The van der Waals surface area contributed by atoms with Gasteiger partial charge < -0.3 is 10.5 Å². The molecule has 0 aliphatic rings. The summed E-state index contributed by atoms with van der Waals surface area (Å²) in [5.74, 6) is 0. The van der Waals surface area contributed by atoms with E-state index in [9.17, 15) is 4.79 Å². The maximum Gasteiger partial charge on any atom is 0.414 e. The van der Waals surface area contributed by atoms with Gasteiger partial charge in [-0.05, 0) is 45.0 Å². The molecule has 1 aromatic heterocycles. The Kier molecular flexibility index (Phi) is 5.21. The number of nitrogens with zero attached hydrogens (tertiary/aromatic N) is 2. The van der Waals surface area contributed by atoms with E-state index < -0.39 is 5.60 Å². The van der Waals surface area contributed by atoms with Crippen LogP contribution in [0.1, 0.15) is 26.5 Å². The van der Waals surface area contributed by atoms with E-state index in [4.69, 9.17) is 10.5 Å². The number of aromatic nitrogens is 1. The number of carbonyl (C=O) groups is 1. The predicted octanol–water partition coefficient (Wildman–Crippen LogP) is 3.65. The molecule has 23 heavy (non-hydrogen) atoms. The van der Waals surface area contributed by atoms with Gasteiger partial charge in [-0.15, -0.1) is 0 Å². The van der Waals surface area contributed by atoms with Crippen LogP contribution < -0.4 is 10.6 Å². The zero-order chi connectivity index (χ0) is 16.9. The average molecular weight is 313 g/mol. The summed E-state index contributed by atoms with van der Waals surface area (Å²) in [5.41, 5.74) is 7.54. The lowest BCUT2D eigenvalue weighted by atomic mass is 10.2. The molecule has 5 nitrogen and oxygen atoms in total. The van der Waals surface area contributed by atoms with Crippen LogP contribution in [0, 0.1) is 0 Å². The van der Waals surface area contributed by atoms with Crippen LogP contribution in [0.4, 0.5) is 16.2 Å². The van der Waals surface area contributed by atoms with Crippen molar-refractivity contribution in [2.45, 2.75) is 32.8 Å². The fraction of sp³-hybridized carbons (Fsp3) is 0.333. The van der Waals surface area contributed by atoms with Gasteiger partial charge in [0, 0.05) is 36.2 Å². The lowest BCUT2D eigenvalue weighted by molar-refractivity contribution is 0.0581. The third-order valence-corrected chi connectivity index (χ3v) is 3.11. The summed E-state index contributed by atoms with van der Waals surface area (Å²) < 4.78 is 5.51. The summed E-state index contributed by atoms with van der Waals surface area (Å²) in [4.78, 5) is 18.4.